The van der Waals surface area contributed by atoms with E-state index in [2.05, 4.69) is 5.32 Å². The van der Waals surface area contributed by atoms with Crippen molar-refractivity contribution in [2.45, 2.75) is 25.4 Å². The molecule has 1 aromatic carbocycles. The molecule has 0 saturated carbocycles. The largest absolute Gasteiger partial charge is 0.366 e. The highest BCUT2D eigenvalue weighted by molar-refractivity contribution is 5.92. The molecule has 0 bridgehead atoms. The molecule has 0 radical (unpaired) electrons. The van der Waals surface area contributed by atoms with Gasteiger partial charge < -0.3 is 21.7 Å². The lowest BCUT2D eigenvalue weighted by Crippen LogP contribution is -2.46. The van der Waals surface area contributed by atoms with E-state index < -0.39 is 5.91 Å². The molecule has 1 fully saturated rings. The Morgan fingerprint density at radius 2 is 1.95 bits per heavy atom. The number of primary amides is 2. The third-order valence-corrected chi connectivity index (χ3v) is 3.61. The van der Waals surface area contributed by atoms with E-state index in [-0.39, 0.29) is 6.03 Å². The molecule has 5 N–H and O–H groups in total. The molecule has 2 rings (SSSR count). The van der Waals surface area contributed by atoms with Crippen molar-refractivity contribution in [1.29, 1.82) is 0 Å². The van der Waals surface area contributed by atoms with Crippen LogP contribution in [0.1, 0.15) is 28.8 Å². The number of carbonyl (C=O) groups is 2. The van der Waals surface area contributed by atoms with Crippen molar-refractivity contribution < 1.29 is 9.59 Å². The molecule has 6 nitrogen and oxygen atoms in total. The lowest BCUT2D eigenvalue weighted by atomic mass is 10.0. The van der Waals surface area contributed by atoms with E-state index in [1.165, 1.54) is 0 Å². The third kappa shape index (κ3) is 3.71. The first kappa shape index (κ1) is 14.3. The lowest BCUT2D eigenvalue weighted by molar-refractivity contribution is 0.1000. The van der Waals surface area contributed by atoms with Gasteiger partial charge in [-0.05, 0) is 30.5 Å². The molecule has 1 aromatic rings. The zero-order chi connectivity index (χ0) is 14.5. The summed E-state index contributed by atoms with van der Waals surface area (Å²) >= 11 is 0. The standard InChI is InChI=1S/C14H20N4O2/c15-13(19)11-3-1-2-10(8-11)9-17-12-4-6-18(7-5-12)14(16)20/h1-3,8,12,17H,4-7,9H2,(H2,15,19)(H2,16,20). The van der Waals surface area contributed by atoms with Crippen LogP contribution in [-0.4, -0.2) is 36.0 Å². The summed E-state index contributed by atoms with van der Waals surface area (Å²) in [7, 11) is 0. The Kier molecular flexibility index (Phi) is 4.57. The van der Waals surface area contributed by atoms with Crippen LogP contribution in [0.5, 0.6) is 0 Å². The predicted molar refractivity (Wildman–Crippen MR) is 76.0 cm³/mol. The van der Waals surface area contributed by atoms with E-state index in [1.54, 1.807) is 17.0 Å². The zero-order valence-corrected chi connectivity index (χ0v) is 11.3. The summed E-state index contributed by atoms with van der Waals surface area (Å²) in [6.45, 7) is 2.06. The van der Waals surface area contributed by atoms with Gasteiger partial charge in [-0.3, -0.25) is 4.79 Å². The fourth-order valence-electron chi connectivity index (χ4n) is 2.40. The first-order chi connectivity index (χ1) is 9.56. The van der Waals surface area contributed by atoms with Crippen LogP contribution in [0.2, 0.25) is 0 Å². The Morgan fingerprint density at radius 3 is 2.55 bits per heavy atom. The minimum Gasteiger partial charge on any atom is -0.366 e. The number of hydrogen-bond acceptors (Lipinski definition) is 3. The second kappa shape index (κ2) is 6.38. The van der Waals surface area contributed by atoms with Crippen molar-refractivity contribution in [2.75, 3.05) is 13.1 Å². The van der Waals surface area contributed by atoms with Crippen LogP contribution in [0.25, 0.3) is 0 Å². The number of nitrogens with one attached hydrogen (secondary N) is 1. The summed E-state index contributed by atoms with van der Waals surface area (Å²) in [6.07, 6.45) is 1.77. The van der Waals surface area contributed by atoms with Crippen molar-refractivity contribution in [3.8, 4) is 0 Å². The molecule has 1 saturated heterocycles. The SMILES string of the molecule is NC(=O)c1cccc(CNC2CCN(C(N)=O)CC2)c1. The van der Waals surface area contributed by atoms with Crippen LogP contribution >= 0.6 is 0 Å². The van der Waals surface area contributed by atoms with E-state index in [1.807, 2.05) is 12.1 Å². The maximum Gasteiger partial charge on any atom is 0.314 e. The fraction of sp³-hybridized carbons (Fsp3) is 0.429. The topological polar surface area (TPSA) is 101 Å². The van der Waals surface area contributed by atoms with Gasteiger partial charge >= 0.3 is 6.03 Å². The van der Waals surface area contributed by atoms with E-state index in [9.17, 15) is 9.59 Å². The predicted octanol–water partition coefficient (Wildman–Crippen LogP) is 0.418. The Labute approximate surface area is 118 Å². The van der Waals surface area contributed by atoms with Gasteiger partial charge in [-0.15, -0.1) is 0 Å². The van der Waals surface area contributed by atoms with Gasteiger partial charge in [0.05, 0.1) is 0 Å². The summed E-state index contributed by atoms with van der Waals surface area (Å²) in [5.41, 5.74) is 12.0. The number of likely N-dealkylation sites (tertiary alicyclic amines) is 1. The third-order valence-electron chi connectivity index (χ3n) is 3.61. The number of carbonyl (C=O) groups excluding carboxylic acids is 2. The number of piperidine rings is 1. The van der Waals surface area contributed by atoms with Crippen LogP contribution < -0.4 is 16.8 Å². The molecule has 0 aromatic heterocycles. The average molecular weight is 276 g/mol. The van der Waals surface area contributed by atoms with Crippen LogP contribution in [0.4, 0.5) is 4.79 Å². The van der Waals surface area contributed by atoms with Crippen LogP contribution in [0.15, 0.2) is 24.3 Å². The summed E-state index contributed by atoms with van der Waals surface area (Å²) in [6, 6.07) is 7.30. The molecule has 6 heteroatoms. The number of amides is 3. The van der Waals surface area contributed by atoms with E-state index in [4.69, 9.17) is 11.5 Å². The lowest BCUT2D eigenvalue weighted by Gasteiger charge is -2.31. The van der Waals surface area contributed by atoms with Crippen LogP contribution in [0.3, 0.4) is 0 Å². The number of urea groups is 1. The smallest absolute Gasteiger partial charge is 0.314 e. The van der Waals surface area contributed by atoms with Gasteiger partial charge in [-0.1, -0.05) is 12.1 Å². The molecule has 108 valence electrons. The summed E-state index contributed by atoms with van der Waals surface area (Å²) in [5.74, 6) is -0.415. The molecule has 3 amide bonds. The second-order valence-corrected chi connectivity index (χ2v) is 5.05. The van der Waals surface area contributed by atoms with Gasteiger partial charge in [0.25, 0.3) is 0 Å². The number of nitrogens with two attached hydrogens (primary N) is 2. The van der Waals surface area contributed by atoms with Gasteiger partial charge in [0.15, 0.2) is 0 Å². The van der Waals surface area contributed by atoms with Crippen molar-refractivity contribution in [3.05, 3.63) is 35.4 Å². The number of hydrogen-bond donors (Lipinski definition) is 3. The van der Waals surface area contributed by atoms with Crippen molar-refractivity contribution in [2.24, 2.45) is 11.5 Å². The number of benzene rings is 1. The fourth-order valence-corrected chi connectivity index (χ4v) is 2.40. The molecular weight excluding hydrogens is 256 g/mol. The van der Waals surface area contributed by atoms with Crippen LogP contribution in [-0.2, 0) is 6.54 Å². The molecule has 1 aliphatic rings. The van der Waals surface area contributed by atoms with Gasteiger partial charge in [0.2, 0.25) is 5.91 Å². The summed E-state index contributed by atoms with van der Waals surface area (Å²) in [4.78, 5) is 23.8. The Bertz CT molecular complexity index is 496. The van der Waals surface area contributed by atoms with E-state index >= 15 is 0 Å². The van der Waals surface area contributed by atoms with E-state index in [0.29, 0.717) is 31.2 Å². The summed E-state index contributed by atoms with van der Waals surface area (Å²) < 4.78 is 0. The highest BCUT2D eigenvalue weighted by atomic mass is 16.2. The molecular formula is C14H20N4O2. The highest BCUT2D eigenvalue weighted by Crippen LogP contribution is 2.11. The monoisotopic (exact) mass is 276 g/mol. The second-order valence-electron chi connectivity index (χ2n) is 5.05. The molecule has 0 unspecified atom stereocenters. The highest BCUT2D eigenvalue weighted by Gasteiger charge is 2.20. The molecule has 0 spiro atoms. The Hall–Kier alpha value is -2.08. The Morgan fingerprint density at radius 1 is 1.25 bits per heavy atom. The number of nitrogens with zero attached hydrogens (tertiary/aromatic N) is 1. The first-order valence-electron chi connectivity index (χ1n) is 6.73. The zero-order valence-electron chi connectivity index (χ0n) is 11.3. The average Bonchev–Trinajstić information content (AvgIpc) is 2.46. The van der Waals surface area contributed by atoms with Gasteiger partial charge in [0, 0.05) is 31.2 Å². The minimum atomic E-state index is -0.415. The quantitative estimate of drug-likeness (QED) is 0.742. The first-order valence-corrected chi connectivity index (χ1v) is 6.73. The maximum absolute atomic E-state index is 11.1. The summed E-state index contributed by atoms with van der Waals surface area (Å²) in [5, 5.41) is 3.43. The van der Waals surface area contributed by atoms with Crippen molar-refractivity contribution in [3.63, 3.8) is 0 Å². The maximum atomic E-state index is 11.1. The molecule has 0 atom stereocenters. The van der Waals surface area contributed by atoms with Crippen LogP contribution in [0, 0.1) is 0 Å². The van der Waals surface area contributed by atoms with Gasteiger partial charge in [-0.2, -0.15) is 0 Å². The molecule has 1 aliphatic heterocycles. The minimum absolute atomic E-state index is 0.349. The molecule has 20 heavy (non-hydrogen) atoms. The number of rotatable bonds is 4. The van der Waals surface area contributed by atoms with Gasteiger partial charge in [0.1, 0.15) is 0 Å². The normalized spacial score (nSPS) is 16.1. The van der Waals surface area contributed by atoms with E-state index in [0.717, 1.165) is 18.4 Å². The Balaban J connectivity index is 1.83. The molecule has 1 heterocycles. The molecule has 0 aliphatic carbocycles. The van der Waals surface area contributed by atoms with Gasteiger partial charge in [-0.25, -0.2) is 4.79 Å². The van der Waals surface area contributed by atoms with Crippen molar-refractivity contribution >= 4 is 11.9 Å². The van der Waals surface area contributed by atoms with Crippen molar-refractivity contribution in [1.82, 2.24) is 10.2 Å².